The van der Waals surface area contributed by atoms with E-state index in [9.17, 15) is 13.6 Å². The fourth-order valence-corrected chi connectivity index (χ4v) is 5.35. The number of unbranched alkanes of at least 4 members (excludes halogenated alkanes) is 6. The van der Waals surface area contributed by atoms with E-state index >= 15 is 0 Å². The number of aryl methyl sites for hydroxylation is 1. The molecule has 0 aliphatic heterocycles. The lowest BCUT2D eigenvalue weighted by Gasteiger charge is -2.19. The number of amides is 1. The monoisotopic (exact) mass is 525 g/mol. The fraction of sp³-hybridized carbons (Fsp3) is 0.517. The first-order valence-corrected chi connectivity index (χ1v) is 14.6. The third-order valence-corrected chi connectivity index (χ3v) is 7.89. The lowest BCUT2D eigenvalue weighted by molar-refractivity contribution is 0.0964. The Balaban J connectivity index is 1.62. The van der Waals surface area contributed by atoms with Crippen LogP contribution in [0.1, 0.15) is 97.8 Å². The highest BCUT2D eigenvalue weighted by Gasteiger charge is 2.31. The predicted octanol–water partition coefficient (Wildman–Crippen LogP) is 6.73. The summed E-state index contributed by atoms with van der Waals surface area (Å²) in [6.45, 7) is 5.04. The Hall–Kier alpha value is -2.55. The number of pyridine rings is 1. The summed E-state index contributed by atoms with van der Waals surface area (Å²) in [5.74, 6) is 0.628. The van der Waals surface area contributed by atoms with Crippen LogP contribution < -0.4 is 5.32 Å². The number of carbonyl (C=O) groups excluding carboxylic acids is 1. The standard InChI is InChI=1S/C29H39N3O4S/c1-4-5-6-7-8-9-10-17-32(37(34)35)19-25-23(21-15-16-21)18-24-26(28(33)30-3)27(36-29(24)31-25)22-13-11-20(2)12-14-22/h11-14,18,21H,4-10,15-17,19H2,1-3H3,(H,30,33)(H,34,35). The summed E-state index contributed by atoms with van der Waals surface area (Å²) >= 11 is -2.09. The number of rotatable bonds is 14. The molecular formula is C29H39N3O4S. The van der Waals surface area contributed by atoms with Crippen LogP contribution in [-0.4, -0.2) is 37.6 Å². The van der Waals surface area contributed by atoms with Gasteiger partial charge in [-0.1, -0.05) is 75.3 Å². The van der Waals surface area contributed by atoms with Gasteiger partial charge in [0.05, 0.1) is 23.2 Å². The topological polar surface area (TPSA) is 95.7 Å². The van der Waals surface area contributed by atoms with E-state index in [-0.39, 0.29) is 12.5 Å². The summed E-state index contributed by atoms with van der Waals surface area (Å²) in [4.78, 5) is 17.8. The van der Waals surface area contributed by atoms with Gasteiger partial charge in [-0.05, 0) is 43.7 Å². The van der Waals surface area contributed by atoms with Gasteiger partial charge in [-0.25, -0.2) is 9.19 Å². The molecule has 1 aromatic carbocycles. The van der Waals surface area contributed by atoms with Crippen LogP contribution in [-0.2, 0) is 17.8 Å². The zero-order valence-electron chi connectivity index (χ0n) is 22.2. The molecule has 1 atom stereocenters. The van der Waals surface area contributed by atoms with Gasteiger partial charge in [0.2, 0.25) is 17.0 Å². The molecule has 2 aromatic heterocycles. The average Bonchev–Trinajstić information content (AvgIpc) is 3.67. The molecule has 3 aromatic rings. The van der Waals surface area contributed by atoms with Crippen molar-refractivity contribution in [3.63, 3.8) is 0 Å². The van der Waals surface area contributed by atoms with Crippen LogP contribution in [0.4, 0.5) is 0 Å². The Morgan fingerprint density at radius 2 is 1.81 bits per heavy atom. The first-order valence-electron chi connectivity index (χ1n) is 13.5. The molecule has 0 spiro atoms. The van der Waals surface area contributed by atoms with Crippen LogP contribution in [0.2, 0.25) is 0 Å². The van der Waals surface area contributed by atoms with E-state index in [0.29, 0.717) is 34.9 Å². The molecule has 1 aliphatic carbocycles. The van der Waals surface area contributed by atoms with E-state index in [0.717, 1.165) is 54.5 Å². The van der Waals surface area contributed by atoms with Crippen LogP contribution in [0.25, 0.3) is 22.4 Å². The normalized spacial score (nSPS) is 14.4. The van der Waals surface area contributed by atoms with Crippen molar-refractivity contribution in [2.45, 2.75) is 84.1 Å². The van der Waals surface area contributed by atoms with E-state index in [1.165, 1.54) is 25.7 Å². The number of aromatic nitrogens is 1. The van der Waals surface area contributed by atoms with Gasteiger partial charge in [0.25, 0.3) is 5.91 Å². The van der Waals surface area contributed by atoms with E-state index in [2.05, 4.69) is 12.2 Å². The number of fused-ring (bicyclic) bond motifs is 1. The summed E-state index contributed by atoms with van der Waals surface area (Å²) < 4.78 is 30.0. The Morgan fingerprint density at radius 1 is 1.14 bits per heavy atom. The maximum atomic E-state index is 12.9. The fourth-order valence-electron chi connectivity index (χ4n) is 4.83. The van der Waals surface area contributed by atoms with E-state index in [1.807, 2.05) is 37.3 Å². The third kappa shape index (κ3) is 6.86. The quantitative estimate of drug-likeness (QED) is 0.180. The zero-order chi connectivity index (χ0) is 26.4. The molecule has 2 heterocycles. The number of hydrogen-bond donors (Lipinski definition) is 2. The van der Waals surface area contributed by atoms with Crippen LogP contribution in [0, 0.1) is 6.92 Å². The Morgan fingerprint density at radius 3 is 2.43 bits per heavy atom. The van der Waals surface area contributed by atoms with Crippen molar-refractivity contribution in [2.75, 3.05) is 13.6 Å². The zero-order valence-corrected chi connectivity index (χ0v) is 23.0. The van der Waals surface area contributed by atoms with Gasteiger partial charge in [-0.3, -0.25) is 9.35 Å². The highest BCUT2D eigenvalue weighted by molar-refractivity contribution is 7.76. The van der Waals surface area contributed by atoms with Crippen LogP contribution in [0.5, 0.6) is 0 Å². The molecule has 200 valence electrons. The van der Waals surface area contributed by atoms with Crippen molar-refractivity contribution >= 4 is 28.3 Å². The summed E-state index contributed by atoms with van der Waals surface area (Å²) in [5.41, 5.74) is 4.60. The van der Waals surface area contributed by atoms with Gasteiger partial charge in [0.15, 0.2) is 0 Å². The molecule has 0 bridgehead atoms. The van der Waals surface area contributed by atoms with Gasteiger partial charge in [0, 0.05) is 19.2 Å². The smallest absolute Gasteiger partial charge is 0.255 e. The lowest BCUT2D eigenvalue weighted by atomic mass is 10.0. The molecule has 0 saturated heterocycles. The highest BCUT2D eigenvalue weighted by atomic mass is 32.2. The number of carbonyl (C=O) groups is 1. The van der Waals surface area contributed by atoms with Crippen molar-refractivity contribution < 1.29 is 18.0 Å². The average molecular weight is 526 g/mol. The van der Waals surface area contributed by atoms with E-state index in [1.54, 1.807) is 11.4 Å². The summed E-state index contributed by atoms with van der Waals surface area (Å²) in [6.07, 6.45) is 10.2. The van der Waals surface area contributed by atoms with Crippen molar-refractivity contribution in [3.8, 4) is 11.3 Å². The number of hydrogen-bond acceptors (Lipinski definition) is 4. The minimum absolute atomic E-state index is 0.220. The van der Waals surface area contributed by atoms with E-state index < -0.39 is 11.3 Å². The molecule has 1 saturated carbocycles. The minimum Gasteiger partial charge on any atom is -0.437 e. The number of benzene rings is 1. The van der Waals surface area contributed by atoms with Crippen molar-refractivity contribution in [2.24, 2.45) is 0 Å². The molecular weight excluding hydrogens is 486 g/mol. The third-order valence-electron chi connectivity index (χ3n) is 7.14. The van der Waals surface area contributed by atoms with Gasteiger partial charge in [-0.15, -0.1) is 0 Å². The number of furan rings is 1. The molecule has 1 aliphatic rings. The SMILES string of the molecule is CCCCCCCCCN(Cc1nc2oc(-c3ccc(C)cc3)c(C(=O)NC)c2cc1C1CC1)S(=O)O. The van der Waals surface area contributed by atoms with Crippen molar-refractivity contribution in [3.05, 3.63) is 52.7 Å². The Labute approximate surface area is 222 Å². The largest absolute Gasteiger partial charge is 0.437 e. The summed E-state index contributed by atoms with van der Waals surface area (Å²) in [7, 11) is 1.61. The van der Waals surface area contributed by atoms with Gasteiger partial charge < -0.3 is 9.73 Å². The minimum atomic E-state index is -2.09. The molecule has 2 N–H and O–H groups in total. The maximum Gasteiger partial charge on any atom is 0.255 e. The summed E-state index contributed by atoms with van der Waals surface area (Å²) in [5, 5.41) is 3.43. The Bertz CT molecular complexity index is 1230. The van der Waals surface area contributed by atoms with Crippen LogP contribution >= 0.6 is 0 Å². The van der Waals surface area contributed by atoms with Crippen LogP contribution in [0.15, 0.2) is 34.7 Å². The Kier molecular flexibility index (Phi) is 9.51. The highest BCUT2D eigenvalue weighted by Crippen LogP contribution is 2.44. The van der Waals surface area contributed by atoms with E-state index in [4.69, 9.17) is 9.40 Å². The molecule has 8 heteroatoms. The molecule has 7 nitrogen and oxygen atoms in total. The first-order chi connectivity index (χ1) is 17.9. The van der Waals surface area contributed by atoms with Crippen molar-refractivity contribution in [1.82, 2.24) is 14.6 Å². The van der Waals surface area contributed by atoms with Gasteiger partial charge in [-0.2, -0.15) is 4.31 Å². The second-order valence-corrected chi connectivity index (χ2v) is 11.1. The molecule has 0 radical (unpaired) electrons. The molecule has 1 unspecified atom stereocenters. The number of nitrogens with one attached hydrogen (secondary N) is 1. The lowest BCUT2D eigenvalue weighted by Crippen LogP contribution is -2.27. The molecule has 1 fully saturated rings. The second-order valence-electron chi connectivity index (χ2n) is 10.1. The first kappa shape index (κ1) is 27.5. The summed E-state index contributed by atoms with van der Waals surface area (Å²) in [6, 6.07) is 9.89. The van der Waals surface area contributed by atoms with Crippen LogP contribution in [0.3, 0.4) is 0 Å². The van der Waals surface area contributed by atoms with Gasteiger partial charge >= 0.3 is 0 Å². The van der Waals surface area contributed by atoms with Gasteiger partial charge in [0.1, 0.15) is 5.76 Å². The maximum absolute atomic E-state index is 12.9. The second kappa shape index (κ2) is 12.8. The predicted molar refractivity (Wildman–Crippen MR) is 149 cm³/mol. The van der Waals surface area contributed by atoms with Crippen molar-refractivity contribution in [1.29, 1.82) is 0 Å². The molecule has 1 amide bonds. The molecule has 37 heavy (non-hydrogen) atoms. The molecule has 4 rings (SSSR count). The number of nitrogens with zero attached hydrogens (tertiary/aromatic N) is 2.